The van der Waals surface area contributed by atoms with E-state index in [2.05, 4.69) is 15.2 Å². The molecule has 1 aliphatic carbocycles. The zero-order valence-electron chi connectivity index (χ0n) is 19.4. The van der Waals surface area contributed by atoms with E-state index in [-0.39, 0.29) is 11.6 Å². The number of esters is 1. The summed E-state index contributed by atoms with van der Waals surface area (Å²) in [5.41, 5.74) is 2.23. The monoisotopic (exact) mass is 479 g/mol. The van der Waals surface area contributed by atoms with Crippen LogP contribution in [0.5, 0.6) is 5.75 Å². The summed E-state index contributed by atoms with van der Waals surface area (Å²) in [6.07, 6.45) is 5.44. The first-order valence-electron chi connectivity index (χ1n) is 11.4. The van der Waals surface area contributed by atoms with Crippen LogP contribution in [0.2, 0.25) is 0 Å². The molecular weight excluding hydrogens is 450 g/mol. The van der Waals surface area contributed by atoms with Gasteiger partial charge in [0.25, 0.3) is 5.56 Å². The molecule has 34 heavy (non-hydrogen) atoms. The number of aromatic nitrogens is 1. The van der Waals surface area contributed by atoms with Crippen LogP contribution in [0.15, 0.2) is 53.3 Å². The second-order valence-electron chi connectivity index (χ2n) is 8.46. The molecule has 2 aromatic carbocycles. The molecule has 0 amide bonds. The molecule has 0 radical (unpaired) electrons. The van der Waals surface area contributed by atoms with Gasteiger partial charge in [-0.1, -0.05) is 31.4 Å². The normalized spacial score (nSPS) is 13.9. The fourth-order valence-corrected chi connectivity index (χ4v) is 4.81. The predicted molar refractivity (Wildman–Crippen MR) is 138 cm³/mol. The van der Waals surface area contributed by atoms with Crippen molar-refractivity contribution in [2.45, 2.75) is 44.7 Å². The molecule has 178 valence electrons. The topological polar surface area (TPSA) is 83.7 Å². The van der Waals surface area contributed by atoms with Crippen LogP contribution in [0, 0.1) is 0 Å². The number of benzene rings is 2. The van der Waals surface area contributed by atoms with Gasteiger partial charge in [-0.05, 0) is 61.5 Å². The molecule has 0 unspecified atom stereocenters. The summed E-state index contributed by atoms with van der Waals surface area (Å²) < 4.78 is 10.3. The number of carbonyl (C=O) groups is 1. The van der Waals surface area contributed by atoms with Gasteiger partial charge >= 0.3 is 5.97 Å². The Balaban J connectivity index is 1.66. The number of nitrogens with one attached hydrogen (secondary N) is 2. The standard InChI is InChI=1S/C26H29N3O4S/c1-32-20-12-13-22-17(15-20)14-18(24(30)27-22)16-29(19-8-4-3-5-9-19)26(34)28-23-11-7-6-10-21(23)25(31)33-2/h6-7,10-15,19H,3-5,8-9,16H2,1-2H3,(H,27,30)(H,28,34). The number of thiocarbonyl (C=S) groups is 1. The molecule has 0 bridgehead atoms. The molecule has 0 aliphatic heterocycles. The molecule has 1 fully saturated rings. The molecule has 1 saturated carbocycles. The molecule has 4 rings (SSSR count). The maximum absolute atomic E-state index is 12.9. The molecule has 3 aromatic rings. The smallest absolute Gasteiger partial charge is 0.339 e. The van der Waals surface area contributed by atoms with E-state index in [0.29, 0.717) is 28.5 Å². The van der Waals surface area contributed by atoms with Crippen molar-refractivity contribution in [1.82, 2.24) is 9.88 Å². The Kier molecular flexibility index (Phi) is 7.47. The molecular formula is C26H29N3O4S. The van der Waals surface area contributed by atoms with E-state index in [1.54, 1.807) is 25.3 Å². The highest BCUT2D eigenvalue weighted by atomic mass is 32.1. The summed E-state index contributed by atoms with van der Waals surface area (Å²) in [4.78, 5) is 30.2. The van der Waals surface area contributed by atoms with Crippen molar-refractivity contribution in [3.63, 3.8) is 0 Å². The number of aromatic amines is 1. The number of rotatable bonds is 6. The van der Waals surface area contributed by atoms with Crippen molar-refractivity contribution in [2.75, 3.05) is 19.5 Å². The summed E-state index contributed by atoms with van der Waals surface area (Å²) in [6.45, 7) is 0.360. The van der Waals surface area contributed by atoms with Crippen LogP contribution >= 0.6 is 12.2 Å². The molecule has 0 atom stereocenters. The van der Waals surface area contributed by atoms with Gasteiger partial charge in [0.05, 0.1) is 32.0 Å². The number of fused-ring (bicyclic) bond motifs is 1. The second kappa shape index (κ2) is 10.7. The van der Waals surface area contributed by atoms with Gasteiger partial charge in [0, 0.05) is 22.5 Å². The molecule has 2 N–H and O–H groups in total. The minimum absolute atomic E-state index is 0.142. The number of methoxy groups -OCH3 is 2. The predicted octanol–water partition coefficient (Wildman–Crippen LogP) is 4.86. The highest BCUT2D eigenvalue weighted by Gasteiger charge is 2.25. The Bertz CT molecular complexity index is 1250. The molecule has 1 aliphatic rings. The zero-order chi connectivity index (χ0) is 24.1. The number of H-pyrrole nitrogens is 1. The van der Waals surface area contributed by atoms with Gasteiger partial charge in [0.1, 0.15) is 5.75 Å². The van der Waals surface area contributed by atoms with E-state index in [9.17, 15) is 9.59 Å². The lowest BCUT2D eigenvalue weighted by Crippen LogP contribution is -2.44. The zero-order valence-corrected chi connectivity index (χ0v) is 20.2. The van der Waals surface area contributed by atoms with Gasteiger partial charge in [-0.25, -0.2) is 4.79 Å². The van der Waals surface area contributed by atoms with Gasteiger partial charge in [-0.3, -0.25) is 4.79 Å². The molecule has 1 heterocycles. The highest BCUT2D eigenvalue weighted by Crippen LogP contribution is 2.26. The van der Waals surface area contributed by atoms with E-state index in [0.717, 1.165) is 42.3 Å². The average molecular weight is 480 g/mol. The quantitative estimate of drug-likeness (QED) is 0.386. The van der Waals surface area contributed by atoms with Crippen LogP contribution in [0.3, 0.4) is 0 Å². The lowest BCUT2D eigenvalue weighted by molar-refractivity contribution is 0.0602. The third-order valence-electron chi connectivity index (χ3n) is 6.32. The van der Waals surface area contributed by atoms with Gasteiger partial charge in [0.15, 0.2) is 5.11 Å². The third kappa shape index (κ3) is 5.22. The van der Waals surface area contributed by atoms with E-state index in [1.165, 1.54) is 13.5 Å². The van der Waals surface area contributed by atoms with Gasteiger partial charge < -0.3 is 24.7 Å². The Morgan fingerprint density at radius 2 is 1.88 bits per heavy atom. The number of nitrogens with zero attached hydrogens (tertiary/aromatic N) is 1. The number of para-hydroxylation sites is 1. The first-order valence-corrected chi connectivity index (χ1v) is 11.9. The molecule has 8 heteroatoms. The van der Waals surface area contributed by atoms with Crippen LogP contribution in [0.4, 0.5) is 5.69 Å². The summed E-state index contributed by atoms with van der Waals surface area (Å²) in [5.74, 6) is 0.293. The maximum Gasteiger partial charge on any atom is 0.339 e. The first kappa shape index (κ1) is 23.8. The van der Waals surface area contributed by atoms with Crippen molar-refractivity contribution in [2.24, 2.45) is 0 Å². The Morgan fingerprint density at radius 1 is 1.12 bits per heavy atom. The van der Waals surface area contributed by atoms with Gasteiger partial charge in [0.2, 0.25) is 0 Å². The fourth-order valence-electron chi connectivity index (χ4n) is 4.48. The van der Waals surface area contributed by atoms with E-state index in [4.69, 9.17) is 21.7 Å². The lowest BCUT2D eigenvalue weighted by Gasteiger charge is -2.36. The molecule has 1 aromatic heterocycles. The Labute approximate surface area is 204 Å². The van der Waals surface area contributed by atoms with Crippen LogP contribution in [0.25, 0.3) is 10.9 Å². The molecule has 0 spiro atoms. The van der Waals surface area contributed by atoms with Crippen molar-refractivity contribution in [3.8, 4) is 5.75 Å². The van der Waals surface area contributed by atoms with Crippen LogP contribution in [-0.2, 0) is 11.3 Å². The number of hydrogen-bond donors (Lipinski definition) is 2. The number of ether oxygens (including phenoxy) is 2. The SMILES string of the molecule is COC(=O)c1ccccc1NC(=S)N(Cc1cc2cc(OC)ccc2[nH]c1=O)C1CCCCC1. The number of anilines is 1. The van der Waals surface area contributed by atoms with E-state index >= 15 is 0 Å². The minimum atomic E-state index is -0.435. The van der Waals surface area contributed by atoms with E-state index < -0.39 is 5.97 Å². The van der Waals surface area contributed by atoms with Gasteiger partial charge in [-0.15, -0.1) is 0 Å². The fraction of sp³-hybridized carbons (Fsp3) is 0.346. The number of pyridine rings is 1. The summed E-state index contributed by atoms with van der Waals surface area (Å²) >= 11 is 5.83. The van der Waals surface area contributed by atoms with Crippen LogP contribution in [-0.4, -0.2) is 41.2 Å². The van der Waals surface area contributed by atoms with Crippen molar-refractivity contribution < 1.29 is 14.3 Å². The average Bonchev–Trinajstić information content (AvgIpc) is 2.87. The lowest BCUT2D eigenvalue weighted by atomic mass is 9.94. The van der Waals surface area contributed by atoms with E-state index in [1.807, 2.05) is 30.3 Å². The van der Waals surface area contributed by atoms with Crippen LogP contribution in [0.1, 0.15) is 48.0 Å². The summed E-state index contributed by atoms with van der Waals surface area (Å²) in [7, 11) is 2.97. The van der Waals surface area contributed by atoms with Crippen molar-refractivity contribution >= 4 is 39.9 Å². The molecule has 7 nitrogen and oxygen atoms in total. The minimum Gasteiger partial charge on any atom is -0.497 e. The van der Waals surface area contributed by atoms with Gasteiger partial charge in [-0.2, -0.15) is 0 Å². The second-order valence-corrected chi connectivity index (χ2v) is 8.85. The molecule has 0 saturated heterocycles. The Hall–Kier alpha value is -3.39. The number of carbonyl (C=O) groups excluding carboxylic acids is 1. The van der Waals surface area contributed by atoms with Crippen molar-refractivity contribution in [3.05, 3.63) is 70.0 Å². The number of hydrogen-bond acceptors (Lipinski definition) is 5. The Morgan fingerprint density at radius 3 is 2.62 bits per heavy atom. The summed E-state index contributed by atoms with van der Waals surface area (Å²) in [5, 5.41) is 4.62. The van der Waals surface area contributed by atoms with Crippen molar-refractivity contribution in [1.29, 1.82) is 0 Å². The first-order chi connectivity index (χ1) is 16.5. The highest BCUT2D eigenvalue weighted by molar-refractivity contribution is 7.80. The van der Waals surface area contributed by atoms with Crippen LogP contribution < -0.4 is 15.6 Å². The summed E-state index contributed by atoms with van der Waals surface area (Å²) in [6, 6.07) is 14.8. The maximum atomic E-state index is 12.9. The largest absolute Gasteiger partial charge is 0.497 e. The third-order valence-corrected chi connectivity index (χ3v) is 6.66.